The van der Waals surface area contributed by atoms with Crippen molar-refractivity contribution < 1.29 is 22.8 Å². The van der Waals surface area contributed by atoms with E-state index in [4.69, 9.17) is 0 Å². The van der Waals surface area contributed by atoms with Crippen LogP contribution < -0.4 is 10.6 Å². The van der Waals surface area contributed by atoms with E-state index in [9.17, 15) is 22.8 Å². The summed E-state index contributed by atoms with van der Waals surface area (Å²) >= 11 is 0. The second-order valence-corrected chi connectivity index (χ2v) is 8.58. The van der Waals surface area contributed by atoms with E-state index in [-0.39, 0.29) is 23.1 Å². The number of nitrogens with one attached hydrogen (secondary N) is 3. The third-order valence-corrected chi connectivity index (χ3v) is 6.13. The Morgan fingerprint density at radius 3 is 2.69 bits per heavy atom. The third-order valence-electron chi connectivity index (χ3n) is 6.13. The number of rotatable bonds is 3. The smallest absolute Gasteiger partial charge is 0.346 e. The van der Waals surface area contributed by atoms with E-state index in [0.717, 1.165) is 36.0 Å². The van der Waals surface area contributed by atoms with Crippen LogP contribution in [0.3, 0.4) is 0 Å². The van der Waals surface area contributed by atoms with Gasteiger partial charge in [-0.2, -0.15) is 13.2 Å². The third kappa shape index (κ3) is 3.76. The van der Waals surface area contributed by atoms with Gasteiger partial charge in [0.2, 0.25) is 0 Å². The first kappa shape index (κ1) is 20.3. The van der Waals surface area contributed by atoms with Crippen LogP contribution in [-0.4, -0.2) is 45.9 Å². The van der Waals surface area contributed by atoms with Gasteiger partial charge >= 0.3 is 12.2 Å². The Morgan fingerprint density at radius 2 is 1.94 bits per heavy atom. The van der Waals surface area contributed by atoms with Crippen molar-refractivity contribution in [1.82, 2.24) is 20.2 Å². The number of benzene rings is 1. The number of nitrogens with zero attached hydrogens (tertiary/aromatic N) is 2. The highest BCUT2D eigenvalue weighted by atomic mass is 19.4. The number of carbonyl (C=O) groups excluding carboxylic acids is 2. The molecule has 5 rings (SSSR count). The zero-order valence-corrected chi connectivity index (χ0v) is 16.9. The Bertz CT molecular complexity index is 1190. The number of fused-ring (bicyclic) bond motifs is 1. The van der Waals surface area contributed by atoms with Gasteiger partial charge in [-0.1, -0.05) is 6.07 Å². The maximum Gasteiger partial charge on any atom is 0.416 e. The van der Waals surface area contributed by atoms with Crippen LogP contribution in [0.15, 0.2) is 48.8 Å². The van der Waals surface area contributed by atoms with E-state index in [2.05, 4.69) is 20.6 Å². The minimum Gasteiger partial charge on any atom is -0.346 e. The van der Waals surface area contributed by atoms with Gasteiger partial charge in [-0.25, -0.2) is 9.78 Å². The van der Waals surface area contributed by atoms with Crippen molar-refractivity contribution in [2.24, 2.45) is 5.41 Å². The van der Waals surface area contributed by atoms with E-state index in [1.54, 1.807) is 17.3 Å². The molecule has 0 atom stereocenters. The Morgan fingerprint density at radius 1 is 1.16 bits per heavy atom. The molecule has 1 aliphatic carbocycles. The van der Waals surface area contributed by atoms with Crippen LogP contribution in [0.2, 0.25) is 0 Å². The molecule has 3 amide bonds. The van der Waals surface area contributed by atoms with E-state index >= 15 is 0 Å². The van der Waals surface area contributed by atoms with Gasteiger partial charge in [-0.15, -0.1) is 0 Å². The molecule has 32 heavy (non-hydrogen) atoms. The number of aromatic amines is 1. The molecule has 3 heterocycles. The lowest BCUT2D eigenvalue weighted by molar-refractivity contribution is -0.137. The molecule has 2 aliphatic rings. The maximum absolute atomic E-state index is 12.8. The van der Waals surface area contributed by atoms with Gasteiger partial charge < -0.3 is 20.5 Å². The molecule has 0 bridgehead atoms. The average Bonchev–Trinajstić information content (AvgIpc) is 3.15. The highest BCUT2D eigenvalue weighted by Crippen LogP contribution is 2.48. The van der Waals surface area contributed by atoms with Crippen LogP contribution in [0.25, 0.3) is 11.0 Å². The normalized spacial score (nSPS) is 17.7. The molecule has 2 fully saturated rings. The molecule has 1 spiro atoms. The van der Waals surface area contributed by atoms with Crippen molar-refractivity contribution in [2.45, 2.75) is 25.1 Å². The lowest BCUT2D eigenvalue weighted by Gasteiger charge is -2.59. The van der Waals surface area contributed by atoms with Gasteiger partial charge in [0, 0.05) is 48.0 Å². The number of aromatic nitrogens is 2. The molecule has 3 aromatic rings. The summed E-state index contributed by atoms with van der Waals surface area (Å²) in [7, 11) is 0. The fourth-order valence-corrected chi connectivity index (χ4v) is 4.62. The quantitative estimate of drug-likeness (QED) is 0.572. The number of halogens is 3. The Balaban J connectivity index is 1.10. The second-order valence-electron chi connectivity index (χ2n) is 8.58. The first-order valence-electron chi connectivity index (χ1n) is 10.2. The van der Waals surface area contributed by atoms with Gasteiger partial charge in [0.05, 0.1) is 11.1 Å². The molecule has 166 valence electrons. The number of hydrogen-bond acceptors (Lipinski definition) is 3. The molecule has 0 radical (unpaired) electrons. The minimum atomic E-state index is -4.47. The Labute approximate surface area is 181 Å². The van der Waals surface area contributed by atoms with Crippen molar-refractivity contribution >= 4 is 28.7 Å². The summed E-state index contributed by atoms with van der Waals surface area (Å²) in [4.78, 5) is 33.9. The average molecular weight is 443 g/mol. The molecule has 2 aromatic heterocycles. The van der Waals surface area contributed by atoms with Gasteiger partial charge in [0.15, 0.2) is 0 Å². The zero-order chi connectivity index (χ0) is 22.5. The van der Waals surface area contributed by atoms with Gasteiger partial charge in [0.1, 0.15) is 5.65 Å². The molecule has 1 aliphatic heterocycles. The number of alkyl halides is 3. The number of amides is 3. The Kier molecular flexibility index (Phi) is 4.61. The first-order chi connectivity index (χ1) is 15.2. The van der Waals surface area contributed by atoms with E-state index in [0.29, 0.717) is 18.7 Å². The van der Waals surface area contributed by atoms with E-state index in [1.807, 2.05) is 12.1 Å². The van der Waals surface area contributed by atoms with Gasteiger partial charge in [-0.05, 0) is 43.2 Å². The first-order valence-corrected chi connectivity index (χ1v) is 10.2. The van der Waals surface area contributed by atoms with Crippen LogP contribution in [0.1, 0.15) is 28.8 Å². The predicted octanol–water partition coefficient (Wildman–Crippen LogP) is 4.01. The summed E-state index contributed by atoms with van der Waals surface area (Å²) in [6.07, 6.45) is 0.319. The van der Waals surface area contributed by atoms with Crippen molar-refractivity contribution in [3.05, 3.63) is 59.9 Å². The van der Waals surface area contributed by atoms with Crippen LogP contribution in [-0.2, 0) is 6.18 Å². The van der Waals surface area contributed by atoms with Crippen LogP contribution in [0.4, 0.5) is 23.7 Å². The van der Waals surface area contributed by atoms with Crippen molar-refractivity contribution in [2.75, 3.05) is 18.4 Å². The number of pyridine rings is 1. The molecule has 1 saturated heterocycles. The number of H-pyrrole nitrogens is 1. The summed E-state index contributed by atoms with van der Waals surface area (Å²) in [5.74, 6) is -0.0649. The van der Waals surface area contributed by atoms with Crippen molar-refractivity contribution in [3.8, 4) is 0 Å². The lowest BCUT2D eigenvalue weighted by atomic mass is 9.60. The summed E-state index contributed by atoms with van der Waals surface area (Å²) in [5.41, 5.74) is 0.539. The number of carbonyl (C=O) groups is 2. The number of hydrogen-bond donors (Lipinski definition) is 3. The van der Waals surface area contributed by atoms with Crippen LogP contribution in [0.5, 0.6) is 0 Å². The molecule has 1 aromatic carbocycles. The lowest BCUT2D eigenvalue weighted by Crippen LogP contribution is -2.67. The maximum atomic E-state index is 12.8. The molecule has 10 heteroatoms. The van der Waals surface area contributed by atoms with Crippen LogP contribution >= 0.6 is 0 Å². The fourth-order valence-electron chi connectivity index (χ4n) is 4.62. The summed E-state index contributed by atoms with van der Waals surface area (Å²) in [5, 5.41) is 6.13. The van der Waals surface area contributed by atoms with E-state index < -0.39 is 17.8 Å². The largest absolute Gasteiger partial charge is 0.416 e. The topological polar surface area (TPSA) is 90.1 Å². The zero-order valence-electron chi connectivity index (χ0n) is 16.9. The minimum absolute atomic E-state index is 0.00454. The van der Waals surface area contributed by atoms with Gasteiger partial charge in [-0.3, -0.25) is 4.79 Å². The fraction of sp³-hybridized carbons (Fsp3) is 0.318. The van der Waals surface area contributed by atoms with E-state index in [1.165, 1.54) is 12.1 Å². The molecular formula is C22H20F3N5O2. The van der Waals surface area contributed by atoms with Gasteiger partial charge in [0.25, 0.3) is 5.91 Å². The van der Waals surface area contributed by atoms with Crippen LogP contribution in [0, 0.1) is 5.41 Å². The predicted molar refractivity (Wildman–Crippen MR) is 111 cm³/mol. The number of likely N-dealkylation sites (tertiary alicyclic amines) is 1. The standard InChI is InChI=1S/C22H20F3N5O2/c23-22(24,25)15-2-1-3-16(7-15)28-20(32)29-17-8-21(9-17)11-30(12-21)19(31)14-6-13-4-5-26-18(13)27-10-14/h1-7,10,17H,8-9,11-12H2,(H,26,27)(H2,28,29,32). The molecule has 3 N–H and O–H groups in total. The SMILES string of the molecule is O=C(Nc1cccc(C(F)(F)F)c1)NC1CC2(C1)CN(C(=O)c1cnc3[nH]ccc3c1)C2. The molecule has 1 saturated carbocycles. The number of urea groups is 1. The summed E-state index contributed by atoms with van der Waals surface area (Å²) in [6.45, 7) is 1.23. The number of anilines is 1. The monoisotopic (exact) mass is 443 g/mol. The molecule has 0 unspecified atom stereocenters. The highest BCUT2D eigenvalue weighted by Gasteiger charge is 2.54. The Hall–Kier alpha value is -3.56. The molecule has 7 nitrogen and oxygen atoms in total. The van der Waals surface area contributed by atoms with Crippen molar-refractivity contribution in [3.63, 3.8) is 0 Å². The summed E-state index contributed by atoms with van der Waals surface area (Å²) in [6, 6.07) is 7.58. The molecular weight excluding hydrogens is 423 g/mol. The second kappa shape index (κ2) is 7.25. The van der Waals surface area contributed by atoms with Crippen molar-refractivity contribution in [1.29, 1.82) is 0 Å². The summed E-state index contributed by atoms with van der Waals surface area (Å²) < 4.78 is 38.4. The highest BCUT2D eigenvalue weighted by molar-refractivity contribution is 5.97.